The summed E-state index contributed by atoms with van der Waals surface area (Å²) < 4.78 is 5.34. The number of methoxy groups -OCH3 is 1. The van der Waals surface area contributed by atoms with Crippen molar-refractivity contribution in [1.29, 1.82) is 0 Å². The van der Waals surface area contributed by atoms with E-state index in [9.17, 15) is 14.7 Å². The van der Waals surface area contributed by atoms with Gasteiger partial charge in [0, 0.05) is 23.0 Å². The Hall–Kier alpha value is -2.90. The Labute approximate surface area is 183 Å². The number of carbonyl (C=O) groups excluding carboxylic acids is 1. The molecule has 0 aliphatic rings. The van der Waals surface area contributed by atoms with Crippen LogP contribution in [0.5, 0.6) is 5.75 Å². The highest BCUT2D eigenvalue weighted by atomic mass is 35.5. The Morgan fingerprint density at radius 2 is 1.90 bits per heavy atom. The molecule has 3 rings (SSSR count). The molecule has 0 radical (unpaired) electrons. The van der Waals surface area contributed by atoms with Crippen molar-refractivity contribution < 1.29 is 19.4 Å². The van der Waals surface area contributed by atoms with Gasteiger partial charge in [-0.25, -0.2) is 4.98 Å². The molecule has 0 aliphatic carbocycles. The number of aromatic nitrogens is 1. The van der Waals surface area contributed by atoms with E-state index in [1.54, 1.807) is 26.3 Å². The SMILES string of the molecule is COc1ccccc1C[C@H](CC(=O)O)C(=O)N(C)c1nc(-c2ccccc2Cl)cs1. The zero-order chi connectivity index (χ0) is 21.7. The second-order valence-corrected chi connectivity index (χ2v) is 7.95. The summed E-state index contributed by atoms with van der Waals surface area (Å²) in [6.07, 6.45) is -0.0355. The lowest BCUT2D eigenvalue weighted by Crippen LogP contribution is -2.35. The van der Waals surface area contributed by atoms with Crippen LogP contribution >= 0.6 is 22.9 Å². The molecular weight excluding hydrogens is 424 g/mol. The summed E-state index contributed by atoms with van der Waals surface area (Å²) in [5.74, 6) is -1.48. The van der Waals surface area contributed by atoms with Crippen LogP contribution in [0.1, 0.15) is 12.0 Å². The van der Waals surface area contributed by atoms with Crippen LogP contribution in [0.25, 0.3) is 11.3 Å². The minimum Gasteiger partial charge on any atom is -0.496 e. The third-order valence-electron chi connectivity index (χ3n) is 4.69. The Kier molecular flexibility index (Phi) is 7.07. The van der Waals surface area contributed by atoms with Crippen molar-refractivity contribution in [2.24, 2.45) is 5.92 Å². The fraction of sp³-hybridized carbons (Fsp3) is 0.227. The number of amides is 1. The van der Waals surface area contributed by atoms with Crippen molar-refractivity contribution in [3.05, 3.63) is 64.5 Å². The maximum absolute atomic E-state index is 13.2. The molecule has 0 spiro atoms. The van der Waals surface area contributed by atoms with Gasteiger partial charge >= 0.3 is 5.97 Å². The second-order valence-electron chi connectivity index (χ2n) is 6.70. The third kappa shape index (κ3) is 4.98. The number of hydrogen-bond acceptors (Lipinski definition) is 5. The first-order valence-corrected chi connectivity index (χ1v) is 10.5. The van der Waals surface area contributed by atoms with Gasteiger partial charge in [0.15, 0.2) is 5.13 Å². The normalized spacial score (nSPS) is 11.7. The summed E-state index contributed by atoms with van der Waals surface area (Å²) >= 11 is 7.55. The minimum absolute atomic E-state index is 0.252. The van der Waals surface area contributed by atoms with Crippen LogP contribution in [0.2, 0.25) is 5.02 Å². The van der Waals surface area contributed by atoms with E-state index in [0.29, 0.717) is 21.6 Å². The zero-order valence-corrected chi connectivity index (χ0v) is 18.1. The molecule has 1 atom stereocenters. The first kappa shape index (κ1) is 21.8. The lowest BCUT2D eigenvalue weighted by Gasteiger charge is -2.21. The molecule has 0 fully saturated rings. The molecule has 1 amide bonds. The monoisotopic (exact) mass is 444 g/mol. The van der Waals surface area contributed by atoms with Gasteiger partial charge in [-0.15, -0.1) is 11.3 Å². The highest BCUT2D eigenvalue weighted by Gasteiger charge is 2.28. The maximum atomic E-state index is 13.2. The molecule has 0 saturated carbocycles. The van der Waals surface area contributed by atoms with Gasteiger partial charge in [-0.3, -0.25) is 14.5 Å². The van der Waals surface area contributed by atoms with Gasteiger partial charge in [0.2, 0.25) is 5.91 Å². The largest absolute Gasteiger partial charge is 0.496 e. The predicted octanol–water partition coefficient (Wildman–Crippen LogP) is 4.77. The fourth-order valence-corrected chi connectivity index (χ4v) is 4.20. The quantitative estimate of drug-likeness (QED) is 0.541. The van der Waals surface area contributed by atoms with Crippen LogP contribution in [0.15, 0.2) is 53.9 Å². The number of carbonyl (C=O) groups is 2. The molecule has 0 aliphatic heterocycles. The van der Waals surface area contributed by atoms with Gasteiger partial charge in [0.05, 0.1) is 25.1 Å². The number of ether oxygens (including phenoxy) is 1. The van der Waals surface area contributed by atoms with Crippen LogP contribution in [-0.4, -0.2) is 36.1 Å². The molecule has 3 aromatic rings. The summed E-state index contributed by atoms with van der Waals surface area (Å²) in [7, 11) is 3.15. The lowest BCUT2D eigenvalue weighted by atomic mass is 9.94. The molecule has 1 N–H and O–H groups in total. The van der Waals surface area contributed by atoms with Crippen molar-refractivity contribution in [3.8, 4) is 17.0 Å². The van der Waals surface area contributed by atoms with E-state index in [4.69, 9.17) is 16.3 Å². The molecule has 2 aromatic carbocycles. The summed E-state index contributed by atoms with van der Waals surface area (Å²) in [5.41, 5.74) is 2.22. The number of rotatable bonds is 8. The first-order valence-electron chi connectivity index (χ1n) is 9.22. The molecule has 8 heteroatoms. The van der Waals surface area contributed by atoms with Crippen LogP contribution in [0.4, 0.5) is 5.13 Å². The van der Waals surface area contributed by atoms with Crippen LogP contribution in [-0.2, 0) is 16.0 Å². The molecular formula is C22H21ClN2O4S. The first-order chi connectivity index (χ1) is 14.4. The van der Waals surface area contributed by atoms with E-state index in [-0.39, 0.29) is 18.7 Å². The molecule has 0 saturated heterocycles. The lowest BCUT2D eigenvalue weighted by molar-refractivity contribution is -0.140. The van der Waals surface area contributed by atoms with Crippen LogP contribution < -0.4 is 9.64 Å². The van der Waals surface area contributed by atoms with Crippen LogP contribution in [0, 0.1) is 5.92 Å². The zero-order valence-electron chi connectivity index (χ0n) is 16.5. The van der Waals surface area contributed by atoms with Gasteiger partial charge in [0.25, 0.3) is 0 Å². The Balaban J connectivity index is 1.84. The van der Waals surface area contributed by atoms with Crippen molar-refractivity contribution >= 4 is 39.9 Å². The molecule has 6 nitrogen and oxygen atoms in total. The molecule has 0 unspecified atom stereocenters. The molecule has 1 aromatic heterocycles. The number of thiazole rings is 1. The van der Waals surface area contributed by atoms with E-state index in [2.05, 4.69) is 4.98 Å². The number of aliphatic carboxylic acids is 1. The van der Waals surface area contributed by atoms with Gasteiger partial charge in [-0.2, -0.15) is 0 Å². The van der Waals surface area contributed by atoms with Crippen molar-refractivity contribution in [3.63, 3.8) is 0 Å². The van der Waals surface area contributed by atoms with Gasteiger partial charge < -0.3 is 9.84 Å². The van der Waals surface area contributed by atoms with E-state index in [0.717, 1.165) is 11.1 Å². The number of halogens is 1. The molecule has 30 heavy (non-hydrogen) atoms. The summed E-state index contributed by atoms with van der Waals surface area (Å²) in [6.45, 7) is 0. The Morgan fingerprint density at radius 1 is 1.20 bits per heavy atom. The standard InChI is InChI=1S/C22H21ClN2O4S/c1-25(22-24-18(13-30-22)16-8-4-5-9-17(16)23)21(28)15(12-20(26)27)11-14-7-3-6-10-19(14)29-2/h3-10,13,15H,11-12H2,1-2H3,(H,26,27)/t15-/m1/s1. The third-order valence-corrected chi connectivity index (χ3v) is 5.94. The van der Waals surface area contributed by atoms with Gasteiger partial charge in [-0.1, -0.05) is 48.0 Å². The maximum Gasteiger partial charge on any atom is 0.304 e. The summed E-state index contributed by atoms with van der Waals surface area (Å²) in [6, 6.07) is 14.6. The predicted molar refractivity (Wildman–Crippen MR) is 118 cm³/mol. The highest BCUT2D eigenvalue weighted by Crippen LogP contribution is 2.32. The van der Waals surface area contributed by atoms with E-state index in [1.165, 1.54) is 16.2 Å². The fourth-order valence-electron chi connectivity index (χ4n) is 3.17. The number of nitrogens with zero attached hydrogens (tertiary/aromatic N) is 2. The number of benzene rings is 2. The number of carboxylic acids is 1. The molecule has 1 heterocycles. The number of hydrogen-bond donors (Lipinski definition) is 1. The number of anilines is 1. The summed E-state index contributed by atoms with van der Waals surface area (Å²) in [5, 5.41) is 12.2. The Morgan fingerprint density at radius 3 is 2.60 bits per heavy atom. The smallest absolute Gasteiger partial charge is 0.304 e. The van der Waals surface area contributed by atoms with Crippen molar-refractivity contribution in [2.45, 2.75) is 12.8 Å². The second kappa shape index (κ2) is 9.73. The summed E-state index contributed by atoms with van der Waals surface area (Å²) in [4.78, 5) is 30.5. The Bertz CT molecular complexity index is 1050. The van der Waals surface area contributed by atoms with Crippen molar-refractivity contribution in [2.75, 3.05) is 19.1 Å². The molecule has 0 bridgehead atoms. The molecule has 156 valence electrons. The van der Waals surface area contributed by atoms with E-state index >= 15 is 0 Å². The van der Waals surface area contributed by atoms with Crippen LogP contribution in [0.3, 0.4) is 0 Å². The van der Waals surface area contributed by atoms with Gasteiger partial charge in [-0.05, 0) is 24.1 Å². The number of para-hydroxylation sites is 1. The highest BCUT2D eigenvalue weighted by molar-refractivity contribution is 7.14. The average Bonchev–Trinajstić information content (AvgIpc) is 3.22. The van der Waals surface area contributed by atoms with Crippen molar-refractivity contribution in [1.82, 2.24) is 4.98 Å². The topological polar surface area (TPSA) is 79.7 Å². The average molecular weight is 445 g/mol. The van der Waals surface area contributed by atoms with E-state index < -0.39 is 11.9 Å². The van der Waals surface area contributed by atoms with E-state index in [1.807, 2.05) is 41.8 Å². The minimum atomic E-state index is -1.03. The van der Waals surface area contributed by atoms with Gasteiger partial charge in [0.1, 0.15) is 5.75 Å². The number of carboxylic acid groups (broad SMARTS) is 1.